The third kappa shape index (κ3) is 4.58. The zero-order valence-corrected chi connectivity index (χ0v) is 16.9. The minimum absolute atomic E-state index is 0.139. The highest BCUT2D eigenvalue weighted by atomic mass is 79.9. The fourth-order valence-electron chi connectivity index (χ4n) is 2.71. The van der Waals surface area contributed by atoms with Gasteiger partial charge in [0.1, 0.15) is 0 Å². The molecule has 0 saturated carbocycles. The summed E-state index contributed by atoms with van der Waals surface area (Å²) in [5.74, 6) is -0.376. The van der Waals surface area contributed by atoms with E-state index < -0.39 is 0 Å². The maximum absolute atomic E-state index is 12.4. The van der Waals surface area contributed by atoms with Gasteiger partial charge in [-0.15, -0.1) is 0 Å². The van der Waals surface area contributed by atoms with Crippen molar-refractivity contribution in [1.82, 2.24) is 5.32 Å². The van der Waals surface area contributed by atoms with E-state index in [0.717, 1.165) is 15.6 Å². The van der Waals surface area contributed by atoms with Crippen molar-refractivity contribution >= 4 is 39.1 Å². The largest absolute Gasteiger partial charge is 0.397 e. The minimum Gasteiger partial charge on any atom is -0.397 e. The summed E-state index contributed by atoms with van der Waals surface area (Å²) in [4.78, 5) is 24.8. The predicted molar refractivity (Wildman–Crippen MR) is 115 cm³/mol. The van der Waals surface area contributed by atoms with Crippen molar-refractivity contribution in [2.75, 3.05) is 11.1 Å². The summed E-state index contributed by atoms with van der Waals surface area (Å²) < 4.78 is 0.898. The van der Waals surface area contributed by atoms with E-state index in [0.29, 0.717) is 29.0 Å². The van der Waals surface area contributed by atoms with Gasteiger partial charge in [0, 0.05) is 22.1 Å². The van der Waals surface area contributed by atoms with E-state index in [1.807, 2.05) is 43.3 Å². The quantitative estimate of drug-likeness (QED) is 0.512. The summed E-state index contributed by atoms with van der Waals surface area (Å²) in [5, 5.41) is 5.69. The van der Waals surface area contributed by atoms with E-state index in [9.17, 15) is 9.59 Å². The van der Waals surface area contributed by atoms with Gasteiger partial charge in [-0.25, -0.2) is 0 Å². The Morgan fingerprint density at radius 3 is 2.36 bits per heavy atom. The van der Waals surface area contributed by atoms with Gasteiger partial charge in [-0.2, -0.15) is 0 Å². The average Bonchev–Trinajstić information content (AvgIpc) is 2.70. The number of halogens is 1. The zero-order valence-electron chi connectivity index (χ0n) is 15.3. The lowest BCUT2D eigenvalue weighted by Crippen LogP contribution is -2.23. The highest BCUT2D eigenvalue weighted by Gasteiger charge is 2.11. The number of hydrogen-bond donors (Lipinski definition) is 3. The number of nitrogens with one attached hydrogen (secondary N) is 2. The summed E-state index contributed by atoms with van der Waals surface area (Å²) in [5.41, 5.74) is 9.88. The SMILES string of the molecule is Cc1c(Br)cccc1C(=O)NCc1ccc(C(=O)Nc2ccccc2N)cc1. The lowest BCUT2D eigenvalue weighted by molar-refractivity contribution is 0.0949. The Labute approximate surface area is 172 Å². The van der Waals surface area contributed by atoms with Crippen LogP contribution in [-0.2, 0) is 6.54 Å². The highest BCUT2D eigenvalue weighted by Crippen LogP contribution is 2.20. The molecule has 3 aromatic rings. The molecule has 0 aliphatic heterocycles. The van der Waals surface area contributed by atoms with E-state index in [-0.39, 0.29) is 11.8 Å². The van der Waals surface area contributed by atoms with Crippen molar-refractivity contribution in [3.8, 4) is 0 Å². The maximum Gasteiger partial charge on any atom is 0.255 e. The molecule has 0 unspecified atom stereocenters. The Bertz CT molecular complexity index is 1020. The normalized spacial score (nSPS) is 10.4. The lowest BCUT2D eigenvalue weighted by Gasteiger charge is -2.10. The van der Waals surface area contributed by atoms with Crippen molar-refractivity contribution in [1.29, 1.82) is 0 Å². The lowest BCUT2D eigenvalue weighted by atomic mass is 10.1. The third-order valence-electron chi connectivity index (χ3n) is 4.39. The Hall–Kier alpha value is -3.12. The van der Waals surface area contributed by atoms with Crippen LogP contribution in [0.4, 0.5) is 11.4 Å². The second-order valence-electron chi connectivity index (χ2n) is 6.33. The van der Waals surface area contributed by atoms with E-state index in [1.54, 1.807) is 30.3 Å². The second-order valence-corrected chi connectivity index (χ2v) is 7.19. The van der Waals surface area contributed by atoms with Gasteiger partial charge in [-0.05, 0) is 54.4 Å². The maximum atomic E-state index is 12.4. The Morgan fingerprint density at radius 2 is 1.64 bits per heavy atom. The first-order chi connectivity index (χ1) is 13.5. The topological polar surface area (TPSA) is 84.2 Å². The smallest absolute Gasteiger partial charge is 0.255 e. The zero-order chi connectivity index (χ0) is 20.1. The van der Waals surface area contributed by atoms with Gasteiger partial charge in [-0.1, -0.05) is 46.3 Å². The van der Waals surface area contributed by atoms with Crippen molar-refractivity contribution in [3.63, 3.8) is 0 Å². The van der Waals surface area contributed by atoms with Crippen LogP contribution in [0.15, 0.2) is 71.2 Å². The number of benzene rings is 3. The fourth-order valence-corrected chi connectivity index (χ4v) is 3.08. The molecule has 0 saturated heterocycles. The number of hydrogen-bond acceptors (Lipinski definition) is 3. The molecule has 2 amide bonds. The van der Waals surface area contributed by atoms with Gasteiger partial charge in [0.15, 0.2) is 0 Å². The molecule has 0 aliphatic rings. The molecular weight excluding hydrogens is 418 g/mol. The average molecular weight is 438 g/mol. The van der Waals surface area contributed by atoms with Crippen LogP contribution in [0.25, 0.3) is 0 Å². The predicted octanol–water partition coefficient (Wildman–Crippen LogP) is 4.52. The summed E-state index contributed by atoms with van der Waals surface area (Å²) in [6.45, 7) is 2.27. The number of amides is 2. The molecule has 142 valence electrons. The first kappa shape index (κ1) is 19.6. The molecule has 0 heterocycles. The fraction of sp³-hybridized carbons (Fsp3) is 0.0909. The summed E-state index contributed by atoms with van der Waals surface area (Å²) in [7, 11) is 0. The number of rotatable bonds is 5. The van der Waals surface area contributed by atoms with Crippen LogP contribution in [0.5, 0.6) is 0 Å². The summed E-state index contributed by atoms with van der Waals surface area (Å²) in [6.07, 6.45) is 0. The van der Waals surface area contributed by atoms with E-state index in [1.165, 1.54) is 0 Å². The van der Waals surface area contributed by atoms with Crippen LogP contribution in [0.3, 0.4) is 0 Å². The standard InChI is InChI=1S/C22H20BrN3O2/c1-14-17(5-4-6-18(14)23)22(28)25-13-15-9-11-16(12-10-15)21(27)26-20-8-3-2-7-19(20)24/h2-12H,13,24H2,1H3,(H,25,28)(H,26,27). The number of carbonyl (C=O) groups excluding carboxylic acids is 2. The third-order valence-corrected chi connectivity index (χ3v) is 5.25. The summed E-state index contributed by atoms with van der Waals surface area (Å²) >= 11 is 3.43. The van der Waals surface area contributed by atoms with Crippen LogP contribution >= 0.6 is 15.9 Å². The van der Waals surface area contributed by atoms with Crippen LogP contribution < -0.4 is 16.4 Å². The molecule has 0 spiro atoms. The molecule has 0 fully saturated rings. The van der Waals surface area contributed by atoms with E-state index in [4.69, 9.17) is 5.73 Å². The summed E-state index contributed by atoms with van der Waals surface area (Å²) in [6, 6.07) is 19.7. The monoisotopic (exact) mass is 437 g/mol. The first-order valence-electron chi connectivity index (χ1n) is 8.74. The van der Waals surface area contributed by atoms with E-state index in [2.05, 4.69) is 26.6 Å². The number of carbonyl (C=O) groups is 2. The van der Waals surface area contributed by atoms with Gasteiger partial charge in [0.2, 0.25) is 0 Å². The number of anilines is 2. The van der Waals surface area contributed by atoms with Crippen LogP contribution in [0, 0.1) is 6.92 Å². The highest BCUT2D eigenvalue weighted by molar-refractivity contribution is 9.10. The molecule has 4 N–H and O–H groups in total. The van der Waals surface area contributed by atoms with Gasteiger partial charge in [0.25, 0.3) is 11.8 Å². The molecule has 0 aromatic heterocycles. The molecule has 0 radical (unpaired) electrons. The molecule has 0 bridgehead atoms. The number of nitrogen functional groups attached to an aromatic ring is 1. The molecule has 6 heteroatoms. The Morgan fingerprint density at radius 1 is 0.929 bits per heavy atom. The van der Waals surface area contributed by atoms with Gasteiger partial charge >= 0.3 is 0 Å². The molecule has 0 atom stereocenters. The minimum atomic E-state index is -0.238. The molecule has 28 heavy (non-hydrogen) atoms. The van der Waals surface area contributed by atoms with Crippen LogP contribution in [-0.4, -0.2) is 11.8 Å². The van der Waals surface area contributed by atoms with Crippen LogP contribution in [0.2, 0.25) is 0 Å². The van der Waals surface area contributed by atoms with Crippen molar-refractivity contribution < 1.29 is 9.59 Å². The van der Waals surface area contributed by atoms with Gasteiger partial charge < -0.3 is 16.4 Å². The van der Waals surface area contributed by atoms with Crippen molar-refractivity contribution in [2.24, 2.45) is 0 Å². The second kappa shape index (κ2) is 8.71. The van der Waals surface area contributed by atoms with Gasteiger partial charge in [-0.3, -0.25) is 9.59 Å². The van der Waals surface area contributed by atoms with Crippen molar-refractivity contribution in [3.05, 3.63) is 93.5 Å². The van der Waals surface area contributed by atoms with E-state index >= 15 is 0 Å². The molecule has 0 aliphatic carbocycles. The molecule has 5 nitrogen and oxygen atoms in total. The van der Waals surface area contributed by atoms with Gasteiger partial charge in [0.05, 0.1) is 11.4 Å². The van der Waals surface area contributed by atoms with Crippen LogP contribution in [0.1, 0.15) is 31.8 Å². The van der Waals surface area contributed by atoms with Crippen molar-refractivity contribution in [2.45, 2.75) is 13.5 Å². The Kier molecular flexibility index (Phi) is 6.11. The first-order valence-corrected chi connectivity index (χ1v) is 9.53. The number of para-hydroxylation sites is 2. The molecule has 3 rings (SSSR count). The molecule has 3 aromatic carbocycles. The molecular formula is C22H20BrN3O2. The number of nitrogens with two attached hydrogens (primary N) is 1. The Balaban J connectivity index is 1.61.